The van der Waals surface area contributed by atoms with Crippen molar-refractivity contribution in [3.8, 4) is 5.82 Å². The van der Waals surface area contributed by atoms with Crippen molar-refractivity contribution in [2.24, 2.45) is 0 Å². The van der Waals surface area contributed by atoms with E-state index in [9.17, 15) is 4.79 Å². The van der Waals surface area contributed by atoms with Gasteiger partial charge in [0.1, 0.15) is 12.1 Å². The Morgan fingerprint density at radius 1 is 1.36 bits per heavy atom. The molecule has 0 aromatic carbocycles. The zero-order valence-corrected chi connectivity index (χ0v) is 13.2. The topological polar surface area (TPSA) is 51.0 Å². The zero-order valence-electron chi connectivity index (χ0n) is 12.4. The van der Waals surface area contributed by atoms with E-state index in [4.69, 9.17) is 0 Å². The lowest BCUT2D eigenvalue weighted by atomic mass is 10.2. The Hall–Kier alpha value is -2.47. The molecule has 112 valence electrons. The van der Waals surface area contributed by atoms with Gasteiger partial charge in [-0.05, 0) is 30.5 Å². The number of imidazole rings is 1. The van der Waals surface area contributed by atoms with Gasteiger partial charge in [0, 0.05) is 36.1 Å². The number of pyridine rings is 1. The van der Waals surface area contributed by atoms with E-state index in [2.05, 4.69) is 9.97 Å². The summed E-state index contributed by atoms with van der Waals surface area (Å²) >= 11 is 1.65. The first-order valence-corrected chi connectivity index (χ1v) is 7.79. The van der Waals surface area contributed by atoms with Gasteiger partial charge in [0.25, 0.3) is 5.91 Å². The summed E-state index contributed by atoms with van der Waals surface area (Å²) < 4.78 is 1.78. The van der Waals surface area contributed by atoms with Gasteiger partial charge in [0.2, 0.25) is 0 Å². The zero-order chi connectivity index (χ0) is 15.5. The van der Waals surface area contributed by atoms with Crippen molar-refractivity contribution in [2.75, 3.05) is 7.05 Å². The van der Waals surface area contributed by atoms with Gasteiger partial charge < -0.3 is 4.90 Å². The van der Waals surface area contributed by atoms with Gasteiger partial charge in [0.05, 0.1) is 6.04 Å². The van der Waals surface area contributed by atoms with E-state index in [1.807, 2.05) is 31.5 Å². The van der Waals surface area contributed by atoms with Crippen molar-refractivity contribution in [3.05, 3.63) is 65.0 Å². The molecule has 3 aromatic heterocycles. The summed E-state index contributed by atoms with van der Waals surface area (Å²) in [6, 6.07) is 7.60. The summed E-state index contributed by atoms with van der Waals surface area (Å²) in [5.41, 5.74) is 0.615. The number of thiophene rings is 1. The van der Waals surface area contributed by atoms with Crippen LogP contribution in [-0.2, 0) is 0 Å². The normalized spacial score (nSPS) is 12.1. The number of carbonyl (C=O) groups excluding carboxylic acids is 1. The van der Waals surface area contributed by atoms with Crippen LogP contribution >= 0.6 is 11.3 Å². The molecule has 0 saturated heterocycles. The van der Waals surface area contributed by atoms with Crippen molar-refractivity contribution in [1.29, 1.82) is 0 Å². The molecule has 3 heterocycles. The lowest BCUT2D eigenvalue weighted by Gasteiger charge is -2.24. The van der Waals surface area contributed by atoms with E-state index >= 15 is 0 Å². The van der Waals surface area contributed by atoms with Gasteiger partial charge in [-0.1, -0.05) is 6.07 Å². The summed E-state index contributed by atoms with van der Waals surface area (Å²) in [5.74, 6) is 0.658. The molecule has 5 nitrogen and oxygen atoms in total. The molecule has 0 aliphatic rings. The van der Waals surface area contributed by atoms with E-state index in [0.717, 1.165) is 0 Å². The lowest BCUT2D eigenvalue weighted by molar-refractivity contribution is 0.0745. The standard InChI is InChI=1S/C16H16N4OS/c1-12(14-4-3-9-22-14)19(2)16(21)13-5-6-18-15(10-13)20-8-7-17-11-20/h3-12H,1-2H3/t12-/m1/s1. The molecule has 0 spiro atoms. The Kier molecular flexibility index (Phi) is 4.02. The minimum Gasteiger partial charge on any atom is -0.334 e. The Labute approximate surface area is 132 Å². The molecule has 0 aliphatic carbocycles. The molecule has 0 saturated carbocycles. The predicted molar refractivity (Wildman–Crippen MR) is 86.2 cm³/mol. The molecule has 6 heteroatoms. The molecule has 0 unspecified atom stereocenters. The van der Waals surface area contributed by atoms with Crippen LogP contribution in [0.2, 0.25) is 0 Å². The third kappa shape index (κ3) is 2.78. The van der Waals surface area contributed by atoms with Crippen LogP contribution in [0.5, 0.6) is 0 Å². The monoisotopic (exact) mass is 312 g/mol. The molecule has 0 radical (unpaired) electrons. The van der Waals surface area contributed by atoms with E-state index in [-0.39, 0.29) is 11.9 Å². The second-order valence-electron chi connectivity index (χ2n) is 4.98. The van der Waals surface area contributed by atoms with Crippen molar-refractivity contribution >= 4 is 17.2 Å². The van der Waals surface area contributed by atoms with Crippen LogP contribution in [-0.4, -0.2) is 32.4 Å². The summed E-state index contributed by atoms with van der Waals surface area (Å²) in [7, 11) is 1.82. The maximum atomic E-state index is 12.7. The highest BCUT2D eigenvalue weighted by molar-refractivity contribution is 7.10. The average molecular weight is 312 g/mol. The van der Waals surface area contributed by atoms with Gasteiger partial charge in [-0.2, -0.15) is 0 Å². The van der Waals surface area contributed by atoms with Crippen molar-refractivity contribution in [2.45, 2.75) is 13.0 Å². The second-order valence-corrected chi connectivity index (χ2v) is 5.96. The highest BCUT2D eigenvalue weighted by atomic mass is 32.1. The van der Waals surface area contributed by atoms with E-state index in [1.54, 1.807) is 57.9 Å². The smallest absolute Gasteiger partial charge is 0.254 e. The summed E-state index contributed by atoms with van der Waals surface area (Å²) in [5, 5.41) is 2.02. The highest BCUT2D eigenvalue weighted by Gasteiger charge is 2.20. The van der Waals surface area contributed by atoms with Crippen LogP contribution in [0, 0.1) is 0 Å². The maximum Gasteiger partial charge on any atom is 0.254 e. The van der Waals surface area contributed by atoms with Gasteiger partial charge in [-0.25, -0.2) is 9.97 Å². The van der Waals surface area contributed by atoms with Crippen LogP contribution in [0.1, 0.15) is 28.2 Å². The molecular formula is C16H16N4OS. The Morgan fingerprint density at radius 2 is 2.23 bits per heavy atom. The number of aromatic nitrogens is 3. The fourth-order valence-electron chi connectivity index (χ4n) is 2.19. The predicted octanol–water partition coefficient (Wildman–Crippen LogP) is 3.16. The van der Waals surface area contributed by atoms with Crippen LogP contribution in [0.15, 0.2) is 54.6 Å². The van der Waals surface area contributed by atoms with Crippen LogP contribution in [0.25, 0.3) is 5.82 Å². The van der Waals surface area contributed by atoms with Gasteiger partial charge >= 0.3 is 0 Å². The lowest BCUT2D eigenvalue weighted by Crippen LogP contribution is -2.29. The number of hydrogen-bond acceptors (Lipinski definition) is 4. The van der Waals surface area contributed by atoms with Crippen molar-refractivity contribution < 1.29 is 4.79 Å². The quantitative estimate of drug-likeness (QED) is 0.743. The fourth-order valence-corrected chi connectivity index (χ4v) is 3.01. The number of hydrogen-bond donors (Lipinski definition) is 0. The maximum absolute atomic E-state index is 12.7. The Balaban J connectivity index is 1.84. The van der Waals surface area contributed by atoms with E-state index in [1.165, 1.54) is 4.88 Å². The molecule has 1 atom stereocenters. The SMILES string of the molecule is C[C@H](c1cccs1)N(C)C(=O)c1ccnc(-n2ccnc2)c1. The molecule has 0 aliphatic heterocycles. The van der Waals surface area contributed by atoms with E-state index in [0.29, 0.717) is 11.4 Å². The second kappa shape index (κ2) is 6.11. The average Bonchev–Trinajstić information content (AvgIpc) is 3.25. The Bertz CT molecular complexity index is 752. The van der Waals surface area contributed by atoms with Gasteiger partial charge in [0.15, 0.2) is 0 Å². The molecule has 22 heavy (non-hydrogen) atoms. The molecule has 0 fully saturated rings. The van der Waals surface area contributed by atoms with Crippen molar-refractivity contribution in [3.63, 3.8) is 0 Å². The molecule has 3 aromatic rings. The number of carbonyl (C=O) groups is 1. The first-order valence-electron chi connectivity index (χ1n) is 6.92. The highest BCUT2D eigenvalue weighted by Crippen LogP contribution is 2.24. The first-order chi connectivity index (χ1) is 10.7. The minimum absolute atomic E-state index is 0.0235. The van der Waals surface area contributed by atoms with Crippen molar-refractivity contribution in [1.82, 2.24) is 19.4 Å². The van der Waals surface area contributed by atoms with Gasteiger partial charge in [-0.3, -0.25) is 9.36 Å². The Morgan fingerprint density at radius 3 is 2.91 bits per heavy atom. The van der Waals surface area contributed by atoms with Gasteiger partial charge in [-0.15, -0.1) is 11.3 Å². The molecule has 1 amide bonds. The van der Waals surface area contributed by atoms with Crippen LogP contribution in [0.3, 0.4) is 0 Å². The number of rotatable bonds is 4. The summed E-state index contributed by atoms with van der Waals surface area (Å²) in [4.78, 5) is 23.9. The summed E-state index contributed by atoms with van der Waals surface area (Å²) in [6.45, 7) is 2.03. The van der Waals surface area contributed by atoms with E-state index < -0.39 is 0 Å². The fraction of sp³-hybridized carbons (Fsp3) is 0.188. The van der Waals surface area contributed by atoms with Crippen LogP contribution in [0.4, 0.5) is 0 Å². The van der Waals surface area contributed by atoms with Crippen LogP contribution < -0.4 is 0 Å². The first kappa shape index (κ1) is 14.5. The summed E-state index contributed by atoms with van der Waals surface area (Å²) in [6.07, 6.45) is 6.79. The molecule has 0 N–H and O–H groups in total. The minimum atomic E-state index is -0.0235. The molecule has 3 rings (SSSR count). The number of amides is 1. The molecule has 0 bridgehead atoms. The third-order valence-electron chi connectivity index (χ3n) is 3.62. The third-order valence-corrected chi connectivity index (χ3v) is 4.66. The number of nitrogens with zero attached hydrogens (tertiary/aromatic N) is 4. The largest absolute Gasteiger partial charge is 0.334 e. The molecular weight excluding hydrogens is 296 g/mol.